The van der Waals surface area contributed by atoms with Gasteiger partial charge in [-0.2, -0.15) is 0 Å². The number of likely N-dealkylation sites (N-methyl/N-ethyl adjacent to an activating group) is 1. The first kappa shape index (κ1) is 27.6. The van der Waals surface area contributed by atoms with Gasteiger partial charge < -0.3 is 25.2 Å². The number of hydrogen-bond acceptors (Lipinski definition) is 6. The summed E-state index contributed by atoms with van der Waals surface area (Å²) in [5.41, 5.74) is 1.25. The second-order valence-electron chi connectivity index (χ2n) is 10.8. The van der Waals surface area contributed by atoms with Gasteiger partial charge in [0.15, 0.2) is 5.79 Å². The Hall–Kier alpha value is -3.46. The molecule has 8 heteroatoms. The fourth-order valence-corrected chi connectivity index (χ4v) is 4.72. The molecule has 38 heavy (non-hydrogen) atoms. The zero-order valence-electron chi connectivity index (χ0n) is 22.4. The number of benzene rings is 3. The molecule has 0 radical (unpaired) electrons. The van der Waals surface area contributed by atoms with Gasteiger partial charge in [-0.3, -0.25) is 9.69 Å². The molecule has 3 atom stereocenters. The number of morpholine rings is 1. The summed E-state index contributed by atoms with van der Waals surface area (Å²) in [4.78, 5) is 27.5. The number of β-amino-alcohol motifs (C(OH)–C–C–N with tert-alkyl or cyclic N) is 1. The fraction of sp³-hybridized carbons (Fsp3) is 0.400. The molecular formula is C30H37N3O5. The summed E-state index contributed by atoms with van der Waals surface area (Å²) in [5, 5.41) is 19.6. The lowest BCUT2D eigenvalue weighted by Gasteiger charge is -2.45. The molecule has 1 heterocycles. The Morgan fingerprint density at radius 3 is 2.47 bits per heavy atom. The standard InChI is InChI=1S/C30H37N3O5/c1-29(2,3)38-28(35)32-26(17-21-11-6-5-7-12-21)30(36)20-33(4)25(19-37-30)27(34)31-18-23-15-10-14-22-13-8-9-16-24(22)23/h5-16,25-26,36H,17-20H2,1-4H3,(H,31,34)(H,32,35)/t25?,26-,30?/m0/s1. The minimum Gasteiger partial charge on any atom is -0.444 e. The highest BCUT2D eigenvalue weighted by molar-refractivity contribution is 5.87. The number of nitrogens with zero attached hydrogens (tertiary/aromatic N) is 1. The number of nitrogens with one attached hydrogen (secondary N) is 2. The molecule has 0 bridgehead atoms. The third-order valence-corrected chi connectivity index (χ3v) is 6.65. The van der Waals surface area contributed by atoms with Crippen LogP contribution >= 0.6 is 0 Å². The van der Waals surface area contributed by atoms with Crippen molar-refractivity contribution in [2.24, 2.45) is 0 Å². The number of hydrogen-bond donors (Lipinski definition) is 3. The fourth-order valence-electron chi connectivity index (χ4n) is 4.72. The van der Waals surface area contributed by atoms with E-state index in [1.165, 1.54) is 0 Å². The zero-order chi connectivity index (χ0) is 27.3. The van der Waals surface area contributed by atoms with E-state index >= 15 is 0 Å². The van der Waals surface area contributed by atoms with Gasteiger partial charge in [-0.1, -0.05) is 72.8 Å². The molecule has 0 aliphatic carbocycles. The molecule has 1 saturated heterocycles. The summed E-state index contributed by atoms with van der Waals surface area (Å²) < 4.78 is 11.4. The molecule has 0 saturated carbocycles. The second kappa shape index (κ2) is 11.5. The second-order valence-corrected chi connectivity index (χ2v) is 10.8. The van der Waals surface area contributed by atoms with Gasteiger partial charge in [-0.15, -0.1) is 0 Å². The molecule has 8 nitrogen and oxygen atoms in total. The van der Waals surface area contributed by atoms with E-state index in [9.17, 15) is 14.7 Å². The molecule has 0 aromatic heterocycles. The number of alkyl carbamates (subject to hydrolysis) is 1. The summed E-state index contributed by atoms with van der Waals surface area (Å²) in [5.74, 6) is -1.92. The molecule has 3 aromatic rings. The first-order chi connectivity index (χ1) is 18.0. The van der Waals surface area contributed by atoms with E-state index in [4.69, 9.17) is 9.47 Å². The van der Waals surface area contributed by atoms with Crippen LogP contribution in [-0.4, -0.2) is 65.7 Å². The molecule has 3 aromatic carbocycles. The van der Waals surface area contributed by atoms with Crippen molar-refractivity contribution in [2.75, 3.05) is 20.2 Å². The Labute approximate surface area is 223 Å². The van der Waals surface area contributed by atoms with E-state index in [0.29, 0.717) is 13.0 Å². The van der Waals surface area contributed by atoms with E-state index in [1.54, 1.807) is 32.7 Å². The molecule has 1 aliphatic heterocycles. The van der Waals surface area contributed by atoms with Gasteiger partial charge in [0.05, 0.1) is 19.2 Å². The summed E-state index contributed by atoms with van der Waals surface area (Å²) in [7, 11) is 1.77. The highest BCUT2D eigenvalue weighted by Crippen LogP contribution is 2.25. The first-order valence-corrected chi connectivity index (χ1v) is 12.9. The lowest BCUT2D eigenvalue weighted by atomic mass is 9.96. The first-order valence-electron chi connectivity index (χ1n) is 12.9. The number of ether oxygens (including phenoxy) is 2. The maximum Gasteiger partial charge on any atom is 0.408 e. The third-order valence-electron chi connectivity index (χ3n) is 6.65. The largest absolute Gasteiger partial charge is 0.444 e. The average molecular weight is 520 g/mol. The predicted octanol–water partition coefficient (Wildman–Crippen LogP) is 3.61. The van der Waals surface area contributed by atoms with Crippen LogP contribution in [0, 0.1) is 0 Å². The molecule has 202 valence electrons. The maximum absolute atomic E-state index is 13.1. The molecule has 2 amide bonds. The van der Waals surface area contributed by atoms with Crippen LogP contribution in [0.25, 0.3) is 10.8 Å². The van der Waals surface area contributed by atoms with Gasteiger partial charge in [0, 0.05) is 6.54 Å². The van der Waals surface area contributed by atoms with Crippen LogP contribution in [0.1, 0.15) is 31.9 Å². The lowest BCUT2D eigenvalue weighted by Crippen LogP contribution is -2.67. The van der Waals surface area contributed by atoms with Crippen molar-refractivity contribution in [3.8, 4) is 0 Å². The van der Waals surface area contributed by atoms with Crippen LogP contribution in [-0.2, 0) is 27.2 Å². The van der Waals surface area contributed by atoms with E-state index in [1.807, 2.05) is 72.8 Å². The SMILES string of the molecule is CN1CC(O)([C@H](Cc2ccccc2)NC(=O)OC(C)(C)C)OCC1C(=O)NCc1cccc2ccccc12. The zero-order valence-corrected chi connectivity index (χ0v) is 22.4. The van der Waals surface area contributed by atoms with Crippen molar-refractivity contribution in [2.45, 2.75) is 57.2 Å². The van der Waals surface area contributed by atoms with Gasteiger partial charge in [-0.25, -0.2) is 4.79 Å². The van der Waals surface area contributed by atoms with Crippen LogP contribution in [0.2, 0.25) is 0 Å². The maximum atomic E-state index is 13.1. The summed E-state index contributed by atoms with van der Waals surface area (Å²) >= 11 is 0. The predicted molar refractivity (Wildman–Crippen MR) is 146 cm³/mol. The number of fused-ring (bicyclic) bond motifs is 1. The van der Waals surface area contributed by atoms with Crippen LogP contribution in [0.15, 0.2) is 72.8 Å². The Morgan fingerprint density at radius 1 is 1.08 bits per heavy atom. The number of carbonyl (C=O) groups excluding carboxylic acids is 2. The Balaban J connectivity index is 1.43. The number of carbonyl (C=O) groups is 2. The highest BCUT2D eigenvalue weighted by Gasteiger charge is 2.46. The van der Waals surface area contributed by atoms with Crippen molar-refractivity contribution in [1.29, 1.82) is 0 Å². The van der Waals surface area contributed by atoms with Crippen LogP contribution < -0.4 is 10.6 Å². The minimum atomic E-state index is -1.73. The van der Waals surface area contributed by atoms with Crippen molar-refractivity contribution in [1.82, 2.24) is 15.5 Å². The molecule has 4 rings (SSSR count). The third kappa shape index (κ3) is 6.89. The number of rotatable bonds is 7. The molecule has 1 aliphatic rings. The van der Waals surface area contributed by atoms with Gasteiger partial charge in [0.25, 0.3) is 0 Å². The Bertz CT molecular complexity index is 1250. The monoisotopic (exact) mass is 519 g/mol. The molecular weight excluding hydrogens is 482 g/mol. The smallest absolute Gasteiger partial charge is 0.408 e. The van der Waals surface area contributed by atoms with E-state index in [0.717, 1.165) is 21.9 Å². The van der Waals surface area contributed by atoms with Gasteiger partial charge in [-0.05, 0) is 56.1 Å². The van der Waals surface area contributed by atoms with Crippen LogP contribution in [0.5, 0.6) is 0 Å². The normalized spacial score (nSPS) is 21.0. The van der Waals surface area contributed by atoms with Gasteiger partial charge in [0.1, 0.15) is 11.6 Å². The van der Waals surface area contributed by atoms with Crippen LogP contribution in [0.4, 0.5) is 4.79 Å². The van der Waals surface area contributed by atoms with Gasteiger partial charge >= 0.3 is 6.09 Å². The van der Waals surface area contributed by atoms with Crippen molar-refractivity contribution < 1.29 is 24.2 Å². The molecule has 2 unspecified atom stereocenters. The quantitative estimate of drug-likeness (QED) is 0.441. The molecule has 3 N–H and O–H groups in total. The van der Waals surface area contributed by atoms with Crippen molar-refractivity contribution in [3.05, 3.63) is 83.9 Å². The number of aliphatic hydroxyl groups is 1. The lowest BCUT2D eigenvalue weighted by molar-refractivity contribution is -0.260. The summed E-state index contributed by atoms with van der Waals surface area (Å²) in [6, 6.07) is 22.2. The highest BCUT2D eigenvalue weighted by atomic mass is 16.6. The van der Waals surface area contributed by atoms with Gasteiger partial charge in [0.2, 0.25) is 5.91 Å². The summed E-state index contributed by atoms with van der Waals surface area (Å²) in [6.07, 6.45) is -0.324. The van der Waals surface area contributed by atoms with E-state index in [-0.39, 0.29) is 19.1 Å². The summed E-state index contributed by atoms with van der Waals surface area (Å²) in [6.45, 7) is 5.70. The number of amides is 2. The minimum absolute atomic E-state index is 0.0205. The average Bonchev–Trinajstić information content (AvgIpc) is 2.86. The van der Waals surface area contributed by atoms with Crippen LogP contribution in [0.3, 0.4) is 0 Å². The Kier molecular flexibility index (Phi) is 8.35. The molecule has 0 spiro atoms. The van der Waals surface area contributed by atoms with Crippen molar-refractivity contribution in [3.63, 3.8) is 0 Å². The van der Waals surface area contributed by atoms with Crippen molar-refractivity contribution >= 4 is 22.8 Å². The molecule has 1 fully saturated rings. The van der Waals surface area contributed by atoms with E-state index in [2.05, 4.69) is 10.6 Å². The Morgan fingerprint density at radius 2 is 1.76 bits per heavy atom. The topological polar surface area (TPSA) is 100 Å². The van der Waals surface area contributed by atoms with E-state index < -0.39 is 29.6 Å².